The molecule has 25 heavy (non-hydrogen) atoms. The number of pyridine rings is 1. The van der Waals surface area contributed by atoms with E-state index in [1.807, 2.05) is 0 Å². The second kappa shape index (κ2) is 5.69. The first kappa shape index (κ1) is 17.2. The average Bonchev–Trinajstić information content (AvgIpc) is 2.72. The van der Waals surface area contributed by atoms with Crippen molar-refractivity contribution in [3.05, 3.63) is 52.8 Å². The molecule has 0 bridgehead atoms. The number of phenolic OH excluding ortho intramolecular Hbond substituents is 1. The third kappa shape index (κ3) is 2.91. The zero-order valence-electron chi connectivity index (χ0n) is 12.8. The Hall–Kier alpha value is -2.68. The van der Waals surface area contributed by atoms with Gasteiger partial charge in [-0.25, -0.2) is 4.74 Å². The zero-order valence-corrected chi connectivity index (χ0v) is 12.8. The topological polar surface area (TPSA) is 71.5 Å². The average molecular weight is 356 g/mol. The maximum Gasteiger partial charge on any atom is 0.388 e. The number of aromatic nitrogens is 1. The number of ether oxygens (including phenoxy) is 1. The first-order valence-corrected chi connectivity index (χ1v) is 7.23. The van der Waals surface area contributed by atoms with Gasteiger partial charge in [-0.1, -0.05) is 6.92 Å². The molecule has 132 valence electrons. The third-order valence-corrected chi connectivity index (χ3v) is 3.80. The summed E-state index contributed by atoms with van der Waals surface area (Å²) in [6.45, 7) is 1.79. The van der Waals surface area contributed by atoms with E-state index in [2.05, 4.69) is 15.0 Å². The summed E-state index contributed by atoms with van der Waals surface area (Å²) in [5.74, 6) is -1.47. The van der Waals surface area contributed by atoms with E-state index in [-0.39, 0.29) is 5.56 Å². The molecule has 0 spiro atoms. The van der Waals surface area contributed by atoms with Gasteiger partial charge < -0.3 is 10.4 Å². The van der Waals surface area contributed by atoms with Crippen LogP contribution < -0.4 is 5.32 Å². The number of anilines is 1. The van der Waals surface area contributed by atoms with Crippen molar-refractivity contribution in [2.75, 3.05) is 5.32 Å². The minimum atomic E-state index is -4.24. The van der Waals surface area contributed by atoms with Gasteiger partial charge >= 0.3 is 12.2 Å². The van der Waals surface area contributed by atoms with Crippen LogP contribution in [0.15, 0.2) is 30.6 Å². The predicted octanol–water partition coefficient (Wildman–Crippen LogP) is 3.73. The quantitative estimate of drug-likeness (QED) is 0.649. The second-order valence-corrected chi connectivity index (χ2v) is 5.39. The molecular formula is C16H12F4N2O3. The van der Waals surface area contributed by atoms with Crippen LogP contribution in [0, 0.1) is 0 Å². The molecule has 1 aliphatic heterocycles. The molecule has 1 aromatic heterocycles. The summed E-state index contributed by atoms with van der Waals surface area (Å²) in [4.78, 5) is 16.2. The van der Waals surface area contributed by atoms with Crippen LogP contribution in [0.2, 0.25) is 0 Å². The molecule has 5 nitrogen and oxygen atoms in total. The lowest BCUT2D eigenvalue weighted by Gasteiger charge is -2.12. The number of hydrogen-bond acceptors (Lipinski definition) is 4. The molecular weight excluding hydrogens is 344 g/mol. The maximum atomic E-state index is 13.6. The van der Waals surface area contributed by atoms with Gasteiger partial charge in [0.25, 0.3) is 5.91 Å². The lowest BCUT2D eigenvalue weighted by atomic mass is 10.0. The highest BCUT2D eigenvalue weighted by atomic mass is 19.3. The van der Waals surface area contributed by atoms with Gasteiger partial charge in [0.2, 0.25) is 0 Å². The van der Waals surface area contributed by atoms with Crippen LogP contribution in [0.1, 0.15) is 34.0 Å². The molecule has 0 saturated carbocycles. The van der Waals surface area contributed by atoms with Gasteiger partial charge in [-0.2, -0.15) is 17.6 Å². The molecule has 0 unspecified atom stereocenters. The fraction of sp³-hybridized carbons (Fsp3) is 0.250. The van der Waals surface area contributed by atoms with E-state index in [0.29, 0.717) is 24.1 Å². The number of fused-ring (bicyclic) bond motifs is 1. The summed E-state index contributed by atoms with van der Waals surface area (Å²) in [5.41, 5.74) is -1.86. The minimum Gasteiger partial charge on any atom is -0.506 e. The van der Waals surface area contributed by atoms with Crippen molar-refractivity contribution in [3.63, 3.8) is 0 Å². The van der Waals surface area contributed by atoms with E-state index in [9.17, 15) is 27.5 Å². The Bertz CT molecular complexity index is 855. The fourth-order valence-electron chi connectivity index (χ4n) is 2.56. The van der Waals surface area contributed by atoms with Crippen molar-refractivity contribution < 1.29 is 32.2 Å². The first-order valence-electron chi connectivity index (χ1n) is 7.23. The largest absolute Gasteiger partial charge is 0.506 e. The van der Waals surface area contributed by atoms with E-state index >= 15 is 0 Å². The van der Waals surface area contributed by atoms with E-state index in [4.69, 9.17) is 0 Å². The number of phenols is 1. The molecule has 1 aromatic carbocycles. The first-order chi connectivity index (χ1) is 11.7. The molecule has 0 radical (unpaired) electrons. The smallest absolute Gasteiger partial charge is 0.388 e. The lowest BCUT2D eigenvalue weighted by molar-refractivity contribution is -0.369. The van der Waals surface area contributed by atoms with Crippen molar-refractivity contribution >= 4 is 11.6 Å². The molecule has 0 fully saturated rings. The number of alkyl halides is 4. The Morgan fingerprint density at radius 3 is 2.52 bits per heavy atom. The van der Waals surface area contributed by atoms with E-state index in [1.54, 1.807) is 6.92 Å². The molecule has 9 heteroatoms. The molecule has 0 atom stereocenters. The molecule has 0 saturated heterocycles. The summed E-state index contributed by atoms with van der Waals surface area (Å²) in [5, 5.41) is 12.1. The van der Waals surface area contributed by atoms with E-state index in [1.165, 1.54) is 18.5 Å². The molecule has 2 N–H and O–H groups in total. The second-order valence-electron chi connectivity index (χ2n) is 5.39. The number of aryl methyl sites for hydroxylation is 1. The highest BCUT2D eigenvalue weighted by molar-refractivity contribution is 6.06. The van der Waals surface area contributed by atoms with Gasteiger partial charge in [0, 0.05) is 18.0 Å². The summed E-state index contributed by atoms with van der Waals surface area (Å²) in [7, 11) is 0. The Morgan fingerprint density at radius 1 is 1.24 bits per heavy atom. The van der Waals surface area contributed by atoms with Gasteiger partial charge in [0.15, 0.2) is 0 Å². The van der Waals surface area contributed by atoms with Gasteiger partial charge in [-0.3, -0.25) is 9.78 Å². The van der Waals surface area contributed by atoms with Gasteiger partial charge in [0.1, 0.15) is 5.75 Å². The number of carbonyl (C=O) groups excluding carboxylic acids is 1. The van der Waals surface area contributed by atoms with Crippen LogP contribution in [-0.4, -0.2) is 16.0 Å². The summed E-state index contributed by atoms with van der Waals surface area (Å²) in [6, 6.07) is 2.46. The number of rotatable bonds is 3. The molecule has 1 aliphatic rings. The number of benzene rings is 1. The summed E-state index contributed by atoms with van der Waals surface area (Å²) in [6.07, 6.45) is -5.14. The monoisotopic (exact) mass is 356 g/mol. The van der Waals surface area contributed by atoms with Crippen LogP contribution in [0.25, 0.3) is 0 Å². The van der Waals surface area contributed by atoms with Crippen molar-refractivity contribution in [2.45, 2.75) is 25.6 Å². The number of nitrogens with zero attached hydrogens (tertiary/aromatic N) is 1. The Kier molecular flexibility index (Phi) is 3.91. The number of hydrogen-bond donors (Lipinski definition) is 2. The van der Waals surface area contributed by atoms with Crippen molar-refractivity contribution in [3.8, 4) is 5.75 Å². The van der Waals surface area contributed by atoms with Crippen LogP contribution in [0.3, 0.4) is 0 Å². The molecule has 0 aliphatic carbocycles. The van der Waals surface area contributed by atoms with Gasteiger partial charge in [-0.15, -0.1) is 0 Å². The van der Waals surface area contributed by atoms with Gasteiger partial charge in [0.05, 0.1) is 16.8 Å². The molecule has 1 amide bonds. The maximum absolute atomic E-state index is 13.6. The number of aromatic hydroxyl groups is 1. The van der Waals surface area contributed by atoms with Crippen molar-refractivity contribution in [2.24, 2.45) is 0 Å². The van der Waals surface area contributed by atoms with Crippen LogP contribution in [-0.2, 0) is 23.4 Å². The van der Waals surface area contributed by atoms with E-state index in [0.717, 1.165) is 0 Å². The van der Waals surface area contributed by atoms with Crippen LogP contribution in [0.5, 0.6) is 5.75 Å². The zero-order chi connectivity index (χ0) is 18.4. The number of nitrogens with one attached hydrogen (secondary N) is 1. The Morgan fingerprint density at radius 2 is 1.88 bits per heavy atom. The standard InChI is InChI=1S/C16H12F4N2O3/c1-2-8-7-21-4-3-9(8)14(24)22-12-5-10-11(6-13(12)23)16(19,20)25-15(10,17)18/h3-7,23H,2H2,1H3,(H,22,24). The third-order valence-electron chi connectivity index (χ3n) is 3.80. The Labute approximate surface area is 139 Å². The van der Waals surface area contributed by atoms with Crippen molar-refractivity contribution in [1.29, 1.82) is 0 Å². The van der Waals surface area contributed by atoms with E-state index < -0.39 is 40.7 Å². The normalized spacial score (nSPS) is 17.2. The summed E-state index contributed by atoms with van der Waals surface area (Å²) >= 11 is 0. The van der Waals surface area contributed by atoms with Crippen molar-refractivity contribution in [1.82, 2.24) is 4.98 Å². The van der Waals surface area contributed by atoms with Gasteiger partial charge in [-0.05, 0) is 30.2 Å². The highest BCUT2D eigenvalue weighted by Crippen LogP contribution is 2.53. The number of carbonyl (C=O) groups is 1. The Balaban J connectivity index is 1.99. The molecule has 2 aromatic rings. The minimum absolute atomic E-state index is 0.228. The molecule has 2 heterocycles. The van der Waals surface area contributed by atoms with Crippen LogP contribution >= 0.6 is 0 Å². The number of halogens is 4. The number of amides is 1. The predicted molar refractivity (Wildman–Crippen MR) is 78.5 cm³/mol. The van der Waals surface area contributed by atoms with Crippen LogP contribution in [0.4, 0.5) is 23.2 Å². The highest BCUT2D eigenvalue weighted by Gasteiger charge is 2.57. The SMILES string of the molecule is CCc1cnccc1C(=O)Nc1cc2c(cc1O)C(F)(F)OC2(F)F. The molecule has 3 rings (SSSR count). The summed E-state index contributed by atoms with van der Waals surface area (Å²) < 4.78 is 57.6. The lowest BCUT2D eigenvalue weighted by Crippen LogP contribution is -2.17. The fourth-order valence-corrected chi connectivity index (χ4v) is 2.56.